The van der Waals surface area contributed by atoms with Gasteiger partial charge in [-0.25, -0.2) is 0 Å². The van der Waals surface area contributed by atoms with Gasteiger partial charge in [0.25, 0.3) is 5.91 Å². The van der Waals surface area contributed by atoms with Crippen LogP contribution < -0.4 is 0 Å². The summed E-state index contributed by atoms with van der Waals surface area (Å²) in [5.74, 6) is 0.130. The van der Waals surface area contributed by atoms with E-state index in [1.807, 2.05) is 18.7 Å². The molecule has 2 saturated heterocycles. The van der Waals surface area contributed by atoms with Crippen molar-refractivity contribution in [3.05, 3.63) is 35.9 Å². The van der Waals surface area contributed by atoms with E-state index in [1.54, 1.807) is 0 Å². The first-order valence-electron chi connectivity index (χ1n) is 9.70. The molecule has 2 aliphatic rings. The predicted octanol–water partition coefficient (Wildman–Crippen LogP) is 3.11. The Morgan fingerprint density at radius 3 is 2.60 bits per heavy atom. The molecule has 1 amide bonds. The number of hydrogen-bond donors (Lipinski definition) is 0. The number of likely N-dealkylation sites (tertiary alicyclic amines) is 1. The molecule has 3 rings (SSSR count). The molecule has 0 radical (unpaired) electrons. The van der Waals surface area contributed by atoms with Crippen molar-refractivity contribution in [3.63, 3.8) is 0 Å². The molecule has 1 atom stereocenters. The van der Waals surface area contributed by atoms with Crippen molar-refractivity contribution in [1.82, 2.24) is 9.80 Å². The first kappa shape index (κ1) is 18.4. The molecule has 0 N–H and O–H groups in total. The average molecular weight is 344 g/mol. The molecule has 0 saturated carbocycles. The van der Waals surface area contributed by atoms with Crippen LogP contribution in [-0.4, -0.2) is 59.6 Å². The topological polar surface area (TPSA) is 32.8 Å². The van der Waals surface area contributed by atoms with Crippen LogP contribution in [0.3, 0.4) is 0 Å². The van der Waals surface area contributed by atoms with Crippen LogP contribution in [0.5, 0.6) is 0 Å². The van der Waals surface area contributed by atoms with Gasteiger partial charge in [0, 0.05) is 26.2 Å². The first-order chi connectivity index (χ1) is 11.9. The molecule has 0 bridgehead atoms. The zero-order valence-corrected chi connectivity index (χ0v) is 16.0. The summed E-state index contributed by atoms with van der Waals surface area (Å²) in [4.78, 5) is 17.1. The molecule has 4 heteroatoms. The Labute approximate surface area is 152 Å². The van der Waals surface area contributed by atoms with Gasteiger partial charge in [0.15, 0.2) is 0 Å². The zero-order chi connectivity index (χ0) is 17.9. The molecular formula is C21H32N2O2. The van der Waals surface area contributed by atoms with Crippen molar-refractivity contribution >= 4 is 5.91 Å². The first-order valence-corrected chi connectivity index (χ1v) is 9.70. The zero-order valence-electron chi connectivity index (χ0n) is 16.0. The molecule has 4 nitrogen and oxygen atoms in total. The second-order valence-electron chi connectivity index (χ2n) is 8.05. The number of ether oxygens (including phenoxy) is 1. The van der Waals surface area contributed by atoms with Crippen LogP contribution in [0.1, 0.15) is 45.6 Å². The number of amides is 1. The van der Waals surface area contributed by atoms with Gasteiger partial charge in [0.2, 0.25) is 0 Å². The molecule has 1 spiro atoms. The minimum absolute atomic E-state index is 0.130. The molecule has 1 unspecified atom stereocenters. The summed E-state index contributed by atoms with van der Waals surface area (Å²) in [6.45, 7) is 10.7. The van der Waals surface area contributed by atoms with Crippen LogP contribution in [0.25, 0.3) is 0 Å². The van der Waals surface area contributed by atoms with Gasteiger partial charge in [0.1, 0.15) is 5.60 Å². The summed E-state index contributed by atoms with van der Waals surface area (Å²) in [5, 5.41) is 0. The molecule has 2 heterocycles. The molecule has 0 aromatic heterocycles. The quantitative estimate of drug-likeness (QED) is 0.841. The third-order valence-electron chi connectivity index (χ3n) is 5.68. The highest BCUT2D eigenvalue weighted by Crippen LogP contribution is 2.37. The van der Waals surface area contributed by atoms with Crippen molar-refractivity contribution < 1.29 is 9.53 Å². The highest BCUT2D eigenvalue weighted by Gasteiger charge is 2.49. The molecule has 0 aliphatic carbocycles. The molecule has 2 fully saturated rings. The van der Waals surface area contributed by atoms with Crippen LogP contribution >= 0.6 is 0 Å². The van der Waals surface area contributed by atoms with Crippen molar-refractivity contribution in [2.24, 2.45) is 0 Å². The van der Waals surface area contributed by atoms with Gasteiger partial charge in [-0.05, 0) is 58.6 Å². The summed E-state index contributed by atoms with van der Waals surface area (Å²) in [7, 11) is 0. The maximum Gasteiger partial charge on any atom is 0.254 e. The monoisotopic (exact) mass is 344 g/mol. The molecule has 1 aromatic rings. The van der Waals surface area contributed by atoms with E-state index in [0.29, 0.717) is 0 Å². The summed E-state index contributed by atoms with van der Waals surface area (Å²) >= 11 is 0. The van der Waals surface area contributed by atoms with Gasteiger partial charge in [-0.3, -0.25) is 4.79 Å². The van der Waals surface area contributed by atoms with Gasteiger partial charge in [-0.15, -0.1) is 0 Å². The molecular weight excluding hydrogens is 312 g/mol. The van der Waals surface area contributed by atoms with Crippen LogP contribution in [0.4, 0.5) is 0 Å². The summed E-state index contributed by atoms with van der Waals surface area (Å²) in [5.41, 5.74) is 0.529. The summed E-state index contributed by atoms with van der Waals surface area (Å²) < 4.78 is 6.42. The molecule has 138 valence electrons. The Kier molecular flexibility index (Phi) is 5.49. The lowest BCUT2D eigenvalue weighted by atomic mass is 9.88. The maximum absolute atomic E-state index is 12.5. The fourth-order valence-corrected chi connectivity index (χ4v) is 4.31. The molecule has 1 aromatic carbocycles. The number of morpholine rings is 1. The third kappa shape index (κ3) is 4.24. The predicted molar refractivity (Wildman–Crippen MR) is 101 cm³/mol. The molecule has 2 aliphatic heterocycles. The fourth-order valence-electron chi connectivity index (χ4n) is 4.31. The lowest BCUT2D eigenvalue weighted by Crippen LogP contribution is -2.63. The largest absolute Gasteiger partial charge is 0.357 e. The van der Waals surface area contributed by atoms with Crippen molar-refractivity contribution in [2.75, 3.05) is 32.7 Å². The average Bonchev–Trinajstić information content (AvgIpc) is 2.79. The van der Waals surface area contributed by atoms with Gasteiger partial charge in [-0.2, -0.15) is 0 Å². The Morgan fingerprint density at radius 2 is 1.88 bits per heavy atom. The van der Waals surface area contributed by atoms with Crippen LogP contribution in [0.2, 0.25) is 0 Å². The Bertz CT molecular complexity index is 587. The van der Waals surface area contributed by atoms with E-state index in [-0.39, 0.29) is 11.5 Å². The number of likely N-dealkylation sites (N-methyl/N-ethyl adjacent to an activating group) is 1. The third-order valence-corrected chi connectivity index (χ3v) is 5.68. The normalized spacial score (nSPS) is 27.5. The maximum atomic E-state index is 12.5. The number of hydrogen-bond acceptors (Lipinski definition) is 3. The number of nitrogens with zero attached hydrogens (tertiary/aromatic N) is 2. The SMILES string of the molecule is CCN1CC2(CCCN(CCc3ccccc3)CC2)OC(C)(C)C1=O. The van der Waals surface area contributed by atoms with Gasteiger partial charge in [0.05, 0.1) is 5.60 Å². The lowest BCUT2D eigenvalue weighted by molar-refractivity contribution is -0.209. The minimum Gasteiger partial charge on any atom is -0.357 e. The highest BCUT2D eigenvalue weighted by atomic mass is 16.5. The minimum atomic E-state index is -0.701. The second-order valence-corrected chi connectivity index (χ2v) is 8.05. The van der Waals surface area contributed by atoms with Crippen LogP contribution in [0, 0.1) is 0 Å². The highest BCUT2D eigenvalue weighted by molar-refractivity contribution is 5.85. The van der Waals surface area contributed by atoms with E-state index in [4.69, 9.17) is 4.74 Å². The summed E-state index contributed by atoms with van der Waals surface area (Å²) in [6, 6.07) is 10.7. The lowest BCUT2D eigenvalue weighted by Gasteiger charge is -2.49. The Balaban J connectivity index is 1.61. The van der Waals surface area contributed by atoms with E-state index in [1.165, 1.54) is 5.56 Å². The van der Waals surface area contributed by atoms with Crippen molar-refractivity contribution in [2.45, 2.75) is 57.7 Å². The summed E-state index contributed by atoms with van der Waals surface area (Å²) in [6.07, 6.45) is 4.29. The van der Waals surface area contributed by atoms with Gasteiger partial charge >= 0.3 is 0 Å². The number of carbonyl (C=O) groups is 1. The number of rotatable bonds is 4. The Morgan fingerprint density at radius 1 is 1.12 bits per heavy atom. The van der Waals surface area contributed by atoms with E-state index >= 15 is 0 Å². The van der Waals surface area contributed by atoms with Crippen LogP contribution in [0.15, 0.2) is 30.3 Å². The van der Waals surface area contributed by atoms with Gasteiger partial charge in [-0.1, -0.05) is 30.3 Å². The van der Waals surface area contributed by atoms with E-state index in [2.05, 4.69) is 42.2 Å². The van der Waals surface area contributed by atoms with E-state index in [9.17, 15) is 4.79 Å². The number of benzene rings is 1. The van der Waals surface area contributed by atoms with Crippen LogP contribution in [-0.2, 0) is 16.0 Å². The van der Waals surface area contributed by atoms with E-state index < -0.39 is 5.60 Å². The van der Waals surface area contributed by atoms with E-state index in [0.717, 1.165) is 58.4 Å². The van der Waals surface area contributed by atoms with Crippen molar-refractivity contribution in [3.8, 4) is 0 Å². The Hall–Kier alpha value is -1.39. The standard InChI is InChI=1S/C21H32N2O2/c1-4-23-17-21(25-20(2,3)19(23)24)12-8-14-22(16-13-21)15-11-18-9-6-5-7-10-18/h5-7,9-10H,4,8,11-17H2,1-3H3. The second kappa shape index (κ2) is 7.46. The van der Waals surface area contributed by atoms with Gasteiger partial charge < -0.3 is 14.5 Å². The molecule has 25 heavy (non-hydrogen) atoms. The smallest absolute Gasteiger partial charge is 0.254 e. The van der Waals surface area contributed by atoms with Crippen molar-refractivity contribution in [1.29, 1.82) is 0 Å². The number of carbonyl (C=O) groups excluding carboxylic acids is 1. The fraction of sp³-hybridized carbons (Fsp3) is 0.667.